The van der Waals surface area contributed by atoms with E-state index in [1.54, 1.807) is 24.3 Å². The molecular formula is C22H30N2O2. The van der Waals surface area contributed by atoms with Gasteiger partial charge in [0.2, 0.25) is 0 Å². The molecule has 0 saturated heterocycles. The number of aromatic nitrogens is 2. The summed E-state index contributed by atoms with van der Waals surface area (Å²) in [5.74, 6) is -0.286. The molecular weight excluding hydrogens is 324 g/mol. The monoisotopic (exact) mass is 354 g/mol. The lowest BCUT2D eigenvalue weighted by molar-refractivity contribution is 0.0697. The zero-order valence-electron chi connectivity index (χ0n) is 15.8. The average molecular weight is 354 g/mol. The number of carboxylic acid groups (broad SMARTS) is 1. The number of rotatable bonds is 12. The van der Waals surface area contributed by atoms with Crippen LogP contribution in [-0.4, -0.2) is 21.0 Å². The van der Waals surface area contributed by atoms with Crippen molar-refractivity contribution >= 4 is 5.97 Å². The molecule has 0 spiro atoms. The van der Waals surface area contributed by atoms with E-state index in [9.17, 15) is 4.79 Å². The number of hydrogen-bond donors (Lipinski definition) is 1. The molecule has 0 aliphatic rings. The van der Waals surface area contributed by atoms with Crippen LogP contribution in [0.15, 0.2) is 36.7 Å². The summed E-state index contributed by atoms with van der Waals surface area (Å²) in [5, 5.41) is 8.94. The highest BCUT2D eigenvalue weighted by Crippen LogP contribution is 2.16. The molecule has 0 aliphatic carbocycles. The van der Waals surface area contributed by atoms with E-state index >= 15 is 0 Å². The third-order valence-corrected chi connectivity index (χ3v) is 4.66. The molecule has 0 atom stereocenters. The Labute approximate surface area is 156 Å². The smallest absolute Gasteiger partial charge is 0.335 e. The molecule has 0 unspecified atom stereocenters. The Morgan fingerprint density at radius 2 is 1.38 bits per heavy atom. The first-order valence-electron chi connectivity index (χ1n) is 9.85. The van der Waals surface area contributed by atoms with Gasteiger partial charge < -0.3 is 5.11 Å². The van der Waals surface area contributed by atoms with Gasteiger partial charge in [0.05, 0.1) is 5.56 Å². The normalized spacial score (nSPS) is 10.8. The Kier molecular flexibility index (Phi) is 8.81. The standard InChI is InChI=1S/C22H30N2O2/c1-2-3-4-5-6-7-8-9-10-11-18-16-23-21(24-17-18)19-12-14-20(15-13-19)22(25)26/h12-17H,2-11H2,1H3,(H,25,26). The van der Waals surface area contributed by atoms with Crippen molar-refractivity contribution in [2.24, 2.45) is 0 Å². The van der Waals surface area contributed by atoms with Crippen LogP contribution in [0.2, 0.25) is 0 Å². The van der Waals surface area contributed by atoms with Gasteiger partial charge in [-0.1, -0.05) is 70.4 Å². The first-order chi connectivity index (χ1) is 12.7. The number of hydrogen-bond acceptors (Lipinski definition) is 3. The molecule has 26 heavy (non-hydrogen) atoms. The number of nitrogens with zero attached hydrogens (tertiary/aromatic N) is 2. The average Bonchev–Trinajstić information content (AvgIpc) is 2.67. The van der Waals surface area contributed by atoms with Gasteiger partial charge in [-0.05, 0) is 30.5 Å². The van der Waals surface area contributed by atoms with E-state index in [2.05, 4.69) is 16.9 Å². The van der Waals surface area contributed by atoms with Crippen molar-refractivity contribution in [3.05, 3.63) is 47.8 Å². The highest BCUT2D eigenvalue weighted by molar-refractivity contribution is 5.88. The van der Waals surface area contributed by atoms with Gasteiger partial charge in [0.1, 0.15) is 0 Å². The molecule has 0 aliphatic heterocycles. The lowest BCUT2D eigenvalue weighted by atomic mass is 10.1. The summed E-state index contributed by atoms with van der Waals surface area (Å²) in [5.41, 5.74) is 2.28. The largest absolute Gasteiger partial charge is 0.478 e. The van der Waals surface area contributed by atoms with Crippen LogP contribution >= 0.6 is 0 Å². The minimum atomic E-state index is -0.922. The van der Waals surface area contributed by atoms with Crippen LogP contribution in [0.1, 0.15) is 80.6 Å². The van der Waals surface area contributed by atoms with Crippen LogP contribution in [0.3, 0.4) is 0 Å². The van der Waals surface area contributed by atoms with Crippen molar-refractivity contribution in [3.8, 4) is 11.4 Å². The van der Waals surface area contributed by atoms with Crippen molar-refractivity contribution in [3.63, 3.8) is 0 Å². The van der Waals surface area contributed by atoms with E-state index < -0.39 is 5.97 Å². The van der Waals surface area contributed by atoms with Gasteiger partial charge in [0.15, 0.2) is 5.82 Å². The van der Waals surface area contributed by atoms with Crippen LogP contribution < -0.4 is 0 Å². The number of aromatic carboxylic acids is 1. The predicted octanol–water partition coefficient (Wildman–Crippen LogP) is 5.92. The highest BCUT2D eigenvalue weighted by Gasteiger charge is 2.05. The first-order valence-corrected chi connectivity index (χ1v) is 9.85. The van der Waals surface area contributed by atoms with Gasteiger partial charge in [0, 0.05) is 18.0 Å². The minimum absolute atomic E-state index is 0.274. The minimum Gasteiger partial charge on any atom is -0.478 e. The van der Waals surface area contributed by atoms with Crippen molar-refractivity contribution < 1.29 is 9.90 Å². The molecule has 140 valence electrons. The third-order valence-electron chi connectivity index (χ3n) is 4.66. The predicted molar refractivity (Wildman–Crippen MR) is 105 cm³/mol. The molecule has 0 fully saturated rings. The van der Waals surface area contributed by atoms with Crippen LogP contribution in [0, 0.1) is 0 Å². The molecule has 4 nitrogen and oxygen atoms in total. The Morgan fingerprint density at radius 1 is 0.846 bits per heavy atom. The number of carboxylic acids is 1. The Hall–Kier alpha value is -2.23. The Balaban J connectivity index is 1.68. The Bertz CT molecular complexity index is 651. The summed E-state index contributed by atoms with van der Waals surface area (Å²) in [6.07, 6.45) is 16.8. The van der Waals surface area contributed by atoms with Gasteiger partial charge in [-0.15, -0.1) is 0 Å². The zero-order chi connectivity index (χ0) is 18.6. The number of benzene rings is 1. The molecule has 1 aromatic carbocycles. The van der Waals surface area contributed by atoms with E-state index in [0.29, 0.717) is 5.82 Å². The molecule has 0 bridgehead atoms. The van der Waals surface area contributed by atoms with Crippen molar-refractivity contribution in [1.82, 2.24) is 9.97 Å². The van der Waals surface area contributed by atoms with E-state index in [4.69, 9.17) is 5.11 Å². The second kappa shape index (κ2) is 11.4. The molecule has 1 heterocycles. The van der Waals surface area contributed by atoms with Gasteiger partial charge in [-0.2, -0.15) is 0 Å². The first kappa shape index (κ1) is 20.1. The maximum Gasteiger partial charge on any atom is 0.335 e. The van der Waals surface area contributed by atoms with E-state index in [1.807, 2.05) is 12.4 Å². The Morgan fingerprint density at radius 3 is 1.92 bits per heavy atom. The topological polar surface area (TPSA) is 63.1 Å². The lowest BCUT2D eigenvalue weighted by Gasteiger charge is -2.04. The van der Waals surface area contributed by atoms with Gasteiger partial charge in [-0.25, -0.2) is 14.8 Å². The zero-order valence-corrected chi connectivity index (χ0v) is 15.8. The molecule has 1 N–H and O–H groups in total. The number of aryl methyl sites for hydroxylation is 1. The van der Waals surface area contributed by atoms with Gasteiger partial charge in [0.25, 0.3) is 0 Å². The van der Waals surface area contributed by atoms with Crippen LogP contribution in [-0.2, 0) is 6.42 Å². The van der Waals surface area contributed by atoms with Gasteiger partial charge in [-0.3, -0.25) is 0 Å². The van der Waals surface area contributed by atoms with Crippen molar-refractivity contribution in [1.29, 1.82) is 0 Å². The second-order valence-electron chi connectivity index (χ2n) is 6.88. The fraction of sp³-hybridized carbons (Fsp3) is 0.500. The van der Waals surface area contributed by atoms with Crippen molar-refractivity contribution in [2.45, 2.75) is 71.1 Å². The molecule has 2 rings (SSSR count). The molecule has 2 aromatic rings. The lowest BCUT2D eigenvalue weighted by Crippen LogP contribution is -1.96. The quantitative estimate of drug-likeness (QED) is 0.481. The number of carbonyl (C=O) groups is 1. The summed E-state index contributed by atoms with van der Waals surface area (Å²) in [6.45, 7) is 2.26. The summed E-state index contributed by atoms with van der Waals surface area (Å²) >= 11 is 0. The highest BCUT2D eigenvalue weighted by atomic mass is 16.4. The summed E-state index contributed by atoms with van der Waals surface area (Å²) in [4.78, 5) is 19.7. The van der Waals surface area contributed by atoms with Crippen molar-refractivity contribution in [2.75, 3.05) is 0 Å². The molecule has 1 aromatic heterocycles. The fourth-order valence-corrected chi connectivity index (χ4v) is 3.03. The summed E-state index contributed by atoms with van der Waals surface area (Å²) in [6, 6.07) is 6.66. The number of unbranched alkanes of at least 4 members (excludes halogenated alkanes) is 8. The molecule has 0 saturated carbocycles. The molecule has 4 heteroatoms. The molecule has 0 radical (unpaired) electrons. The van der Waals surface area contributed by atoms with Crippen LogP contribution in [0.25, 0.3) is 11.4 Å². The summed E-state index contributed by atoms with van der Waals surface area (Å²) < 4.78 is 0. The maximum absolute atomic E-state index is 10.9. The third kappa shape index (κ3) is 6.95. The van der Waals surface area contributed by atoms with Crippen LogP contribution in [0.4, 0.5) is 0 Å². The SMILES string of the molecule is CCCCCCCCCCCc1cnc(-c2ccc(C(=O)O)cc2)nc1. The van der Waals surface area contributed by atoms with Gasteiger partial charge >= 0.3 is 5.97 Å². The van der Waals surface area contributed by atoms with Crippen LogP contribution in [0.5, 0.6) is 0 Å². The maximum atomic E-state index is 10.9. The molecule has 0 amide bonds. The van der Waals surface area contributed by atoms with E-state index in [-0.39, 0.29) is 5.56 Å². The van der Waals surface area contributed by atoms with E-state index in [0.717, 1.165) is 12.0 Å². The van der Waals surface area contributed by atoms with E-state index in [1.165, 1.54) is 63.4 Å². The fourth-order valence-electron chi connectivity index (χ4n) is 3.03. The second-order valence-corrected chi connectivity index (χ2v) is 6.88. The summed E-state index contributed by atoms with van der Waals surface area (Å²) in [7, 11) is 0.